The Labute approximate surface area is 84.1 Å². The Bertz CT molecular complexity index is 288. The summed E-state index contributed by atoms with van der Waals surface area (Å²) in [7, 11) is 0. The van der Waals surface area contributed by atoms with Crippen LogP contribution in [0.2, 0.25) is 0 Å². The number of nitrogens with two attached hydrogens (primary N) is 1. The van der Waals surface area contributed by atoms with Gasteiger partial charge in [0.25, 0.3) is 0 Å². The third-order valence-corrected chi connectivity index (χ3v) is 3.01. The van der Waals surface area contributed by atoms with E-state index in [2.05, 4.69) is 15.5 Å². The van der Waals surface area contributed by atoms with Gasteiger partial charge in [-0.2, -0.15) is 0 Å². The molecule has 0 saturated carbocycles. The van der Waals surface area contributed by atoms with Crippen LogP contribution in [0.4, 0.5) is 5.13 Å². The minimum absolute atomic E-state index is 0.0163. The Morgan fingerprint density at radius 2 is 2.46 bits per heavy atom. The molecule has 1 heterocycles. The summed E-state index contributed by atoms with van der Waals surface area (Å²) in [5.41, 5.74) is 5.39. The summed E-state index contributed by atoms with van der Waals surface area (Å²) in [6, 6.07) is 0. The summed E-state index contributed by atoms with van der Waals surface area (Å²) in [5.74, 6) is 0.770. The number of nitrogen functional groups attached to an aromatic ring is 1. The fourth-order valence-corrected chi connectivity index (χ4v) is 2.21. The molecule has 0 unspecified atom stereocenters. The second-order valence-corrected chi connectivity index (χ2v) is 4.59. The summed E-state index contributed by atoms with van der Waals surface area (Å²) in [5, 5.41) is 10.7. The molecule has 0 atom stereocenters. The van der Waals surface area contributed by atoms with Crippen molar-refractivity contribution in [3.63, 3.8) is 0 Å². The average Bonchev–Trinajstić information content (AvgIpc) is 2.45. The Morgan fingerprint density at radius 1 is 1.69 bits per heavy atom. The quantitative estimate of drug-likeness (QED) is 0.563. The largest absolute Gasteiger partial charge is 0.374 e. The van der Waals surface area contributed by atoms with Gasteiger partial charge in [-0.05, 0) is 0 Å². The monoisotopic (exact) mass is 218 g/mol. The molecule has 0 aliphatic carbocycles. The number of hydrogen-bond donors (Lipinski definition) is 2. The van der Waals surface area contributed by atoms with Gasteiger partial charge in [-0.1, -0.05) is 23.1 Å². The van der Waals surface area contributed by atoms with E-state index in [4.69, 9.17) is 5.73 Å². The maximum absolute atomic E-state index is 10.5. The number of nitrogens with one attached hydrogen (secondary N) is 1. The van der Waals surface area contributed by atoms with E-state index in [9.17, 15) is 4.79 Å². The Hall–Kier alpha value is -0.820. The van der Waals surface area contributed by atoms with E-state index >= 15 is 0 Å². The van der Waals surface area contributed by atoms with Gasteiger partial charge in [-0.25, -0.2) is 0 Å². The number of rotatable bonds is 4. The van der Waals surface area contributed by atoms with E-state index in [1.54, 1.807) is 0 Å². The van der Waals surface area contributed by atoms with Gasteiger partial charge in [0.2, 0.25) is 11.0 Å². The molecule has 0 aromatic carbocycles. The van der Waals surface area contributed by atoms with Crippen LogP contribution >= 0.6 is 23.1 Å². The SMILES string of the molecule is CC(=O)NCCSc1nnc(N)s1. The number of hydrogen-bond acceptors (Lipinski definition) is 6. The van der Waals surface area contributed by atoms with Crippen molar-refractivity contribution in [2.75, 3.05) is 18.0 Å². The smallest absolute Gasteiger partial charge is 0.216 e. The van der Waals surface area contributed by atoms with Gasteiger partial charge in [0.1, 0.15) is 0 Å². The van der Waals surface area contributed by atoms with E-state index in [0.717, 1.165) is 10.1 Å². The van der Waals surface area contributed by atoms with E-state index < -0.39 is 0 Å². The highest BCUT2D eigenvalue weighted by atomic mass is 32.2. The maximum Gasteiger partial charge on any atom is 0.216 e. The topological polar surface area (TPSA) is 80.9 Å². The third-order valence-electron chi connectivity index (χ3n) is 1.12. The zero-order chi connectivity index (χ0) is 9.68. The van der Waals surface area contributed by atoms with E-state index in [1.165, 1.54) is 30.0 Å². The number of carbonyl (C=O) groups excluding carboxylic acids is 1. The highest BCUT2D eigenvalue weighted by Crippen LogP contribution is 2.22. The van der Waals surface area contributed by atoms with Gasteiger partial charge in [0.15, 0.2) is 4.34 Å². The zero-order valence-corrected chi connectivity index (χ0v) is 8.74. The lowest BCUT2D eigenvalue weighted by atomic mass is 10.6. The molecular formula is C6H10N4OS2. The Morgan fingerprint density at radius 3 is 3.00 bits per heavy atom. The molecule has 0 aliphatic heterocycles. The maximum atomic E-state index is 10.5. The summed E-state index contributed by atoms with van der Waals surface area (Å²) in [6.07, 6.45) is 0. The van der Waals surface area contributed by atoms with Crippen LogP contribution in [0.5, 0.6) is 0 Å². The van der Waals surface area contributed by atoms with Crippen molar-refractivity contribution in [1.82, 2.24) is 15.5 Å². The molecule has 0 aliphatic rings. The van der Waals surface area contributed by atoms with Crippen LogP contribution < -0.4 is 11.1 Å². The minimum atomic E-state index is -0.0163. The highest BCUT2D eigenvalue weighted by molar-refractivity contribution is 8.01. The predicted molar refractivity (Wildman–Crippen MR) is 53.7 cm³/mol. The molecule has 1 aromatic heterocycles. The first-order chi connectivity index (χ1) is 6.18. The van der Waals surface area contributed by atoms with Crippen LogP contribution in [-0.4, -0.2) is 28.4 Å². The van der Waals surface area contributed by atoms with Crippen molar-refractivity contribution in [3.8, 4) is 0 Å². The highest BCUT2D eigenvalue weighted by Gasteiger charge is 2.00. The van der Waals surface area contributed by atoms with Crippen LogP contribution in [0.3, 0.4) is 0 Å². The molecule has 1 amide bonds. The predicted octanol–water partition coefficient (Wildman–Crippen LogP) is 0.348. The van der Waals surface area contributed by atoms with E-state index in [1.807, 2.05) is 0 Å². The molecule has 5 nitrogen and oxygen atoms in total. The van der Waals surface area contributed by atoms with Crippen molar-refractivity contribution in [2.45, 2.75) is 11.3 Å². The van der Waals surface area contributed by atoms with Crippen LogP contribution in [0.25, 0.3) is 0 Å². The van der Waals surface area contributed by atoms with Crippen LogP contribution in [0.1, 0.15) is 6.92 Å². The molecule has 1 rings (SSSR count). The zero-order valence-electron chi connectivity index (χ0n) is 7.11. The molecule has 13 heavy (non-hydrogen) atoms. The normalized spacial score (nSPS) is 9.92. The van der Waals surface area contributed by atoms with E-state index in [0.29, 0.717) is 11.7 Å². The molecule has 0 radical (unpaired) electrons. The number of carbonyl (C=O) groups is 1. The lowest BCUT2D eigenvalue weighted by Crippen LogP contribution is -2.22. The van der Waals surface area contributed by atoms with Crippen LogP contribution in [0, 0.1) is 0 Å². The molecule has 0 fully saturated rings. The Balaban J connectivity index is 2.16. The summed E-state index contributed by atoms with van der Waals surface area (Å²) >= 11 is 2.89. The van der Waals surface area contributed by atoms with Crippen molar-refractivity contribution in [1.29, 1.82) is 0 Å². The van der Waals surface area contributed by atoms with Crippen molar-refractivity contribution in [3.05, 3.63) is 0 Å². The lowest BCUT2D eigenvalue weighted by Gasteiger charge is -1.98. The van der Waals surface area contributed by atoms with Gasteiger partial charge >= 0.3 is 0 Å². The first-order valence-corrected chi connectivity index (χ1v) is 5.45. The fourth-order valence-electron chi connectivity index (χ4n) is 0.644. The summed E-state index contributed by atoms with van der Waals surface area (Å²) in [6.45, 7) is 2.13. The van der Waals surface area contributed by atoms with Gasteiger partial charge in [0, 0.05) is 19.2 Å². The first-order valence-electron chi connectivity index (χ1n) is 3.64. The average molecular weight is 218 g/mol. The second kappa shape index (κ2) is 5.03. The molecule has 0 saturated heterocycles. The number of amides is 1. The molecule has 1 aromatic rings. The van der Waals surface area contributed by atoms with Gasteiger partial charge < -0.3 is 11.1 Å². The van der Waals surface area contributed by atoms with Crippen LogP contribution in [0.15, 0.2) is 4.34 Å². The number of aromatic nitrogens is 2. The Kier molecular flexibility index (Phi) is 3.97. The van der Waals surface area contributed by atoms with Gasteiger partial charge in [-0.3, -0.25) is 4.79 Å². The number of thioether (sulfide) groups is 1. The van der Waals surface area contributed by atoms with Crippen LogP contribution in [-0.2, 0) is 4.79 Å². The number of nitrogens with zero attached hydrogens (tertiary/aromatic N) is 2. The summed E-state index contributed by atoms with van der Waals surface area (Å²) < 4.78 is 0.836. The molecular weight excluding hydrogens is 208 g/mol. The first kappa shape index (κ1) is 10.3. The summed E-state index contributed by atoms with van der Waals surface area (Å²) in [4.78, 5) is 10.5. The second-order valence-electron chi connectivity index (χ2n) is 2.24. The number of anilines is 1. The molecule has 3 N–H and O–H groups in total. The van der Waals surface area contributed by atoms with Crippen molar-refractivity contribution in [2.24, 2.45) is 0 Å². The van der Waals surface area contributed by atoms with Gasteiger partial charge in [0.05, 0.1) is 0 Å². The molecule has 0 bridgehead atoms. The van der Waals surface area contributed by atoms with E-state index in [-0.39, 0.29) is 5.91 Å². The molecule has 72 valence electrons. The fraction of sp³-hybridized carbons (Fsp3) is 0.500. The lowest BCUT2D eigenvalue weighted by molar-refractivity contribution is -0.118. The van der Waals surface area contributed by atoms with Crippen molar-refractivity contribution < 1.29 is 4.79 Å². The minimum Gasteiger partial charge on any atom is -0.374 e. The van der Waals surface area contributed by atoms with Gasteiger partial charge in [-0.15, -0.1) is 10.2 Å². The molecule has 7 heteroatoms. The molecule has 0 spiro atoms. The third kappa shape index (κ3) is 4.09. The standard InChI is InChI=1S/C6H10N4OS2/c1-4(11)8-2-3-12-6-10-9-5(7)13-6/h2-3H2,1H3,(H2,7,9)(H,8,11). The van der Waals surface area contributed by atoms with Crippen molar-refractivity contribution >= 4 is 34.1 Å².